The molecule has 0 fully saturated rings. The van der Waals surface area contributed by atoms with E-state index in [-0.39, 0.29) is 0 Å². The van der Waals surface area contributed by atoms with Crippen molar-refractivity contribution in [1.82, 2.24) is 10.3 Å². The molecule has 0 amide bonds. The summed E-state index contributed by atoms with van der Waals surface area (Å²) in [5, 5.41) is 10.6. The predicted molar refractivity (Wildman–Crippen MR) is 49.3 cm³/mol. The van der Waals surface area contributed by atoms with Gasteiger partial charge in [-0.1, -0.05) is 0 Å². The summed E-state index contributed by atoms with van der Waals surface area (Å²) < 4.78 is 0. The summed E-state index contributed by atoms with van der Waals surface area (Å²) in [6.45, 7) is 4.02. The van der Waals surface area contributed by atoms with Gasteiger partial charge in [-0.05, 0) is 26.0 Å². The number of nitrogens with one attached hydrogen (secondary N) is 2. The van der Waals surface area contributed by atoms with Gasteiger partial charge >= 0.3 is 0 Å². The summed E-state index contributed by atoms with van der Waals surface area (Å²) in [6.07, 6.45) is 3.37. The summed E-state index contributed by atoms with van der Waals surface area (Å²) in [5.74, 6) is 0.451. The SMILES string of the molecule is CC(C)NC(=N)c1ccncc1. The minimum Gasteiger partial charge on any atom is -0.368 e. The molecule has 1 aromatic rings. The van der Waals surface area contributed by atoms with E-state index in [2.05, 4.69) is 10.3 Å². The lowest BCUT2D eigenvalue weighted by atomic mass is 10.2. The van der Waals surface area contributed by atoms with E-state index in [0.717, 1.165) is 5.56 Å². The number of hydrogen-bond donors (Lipinski definition) is 2. The second kappa shape index (κ2) is 3.85. The first kappa shape index (κ1) is 8.71. The highest BCUT2D eigenvalue weighted by atomic mass is 15.0. The maximum atomic E-state index is 7.62. The topological polar surface area (TPSA) is 48.8 Å². The van der Waals surface area contributed by atoms with Crippen molar-refractivity contribution >= 4 is 5.84 Å². The minimum absolute atomic E-state index is 0.297. The Morgan fingerprint density at radius 2 is 2.00 bits per heavy atom. The molecule has 1 aromatic heterocycles. The number of pyridine rings is 1. The van der Waals surface area contributed by atoms with Gasteiger partial charge in [0.1, 0.15) is 5.84 Å². The van der Waals surface area contributed by atoms with Crippen molar-refractivity contribution in [2.45, 2.75) is 19.9 Å². The third-order valence-electron chi connectivity index (χ3n) is 1.40. The molecule has 1 heterocycles. The highest BCUT2D eigenvalue weighted by molar-refractivity contribution is 5.96. The highest BCUT2D eigenvalue weighted by Gasteiger charge is 2.00. The highest BCUT2D eigenvalue weighted by Crippen LogP contribution is 1.95. The van der Waals surface area contributed by atoms with Gasteiger partial charge in [-0.15, -0.1) is 0 Å². The second-order valence-electron chi connectivity index (χ2n) is 2.91. The Hall–Kier alpha value is -1.38. The minimum atomic E-state index is 0.297. The monoisotopic (exact) mass is 163 g/mol. The molecule has 3 heteroatoms. The van der Waals surface area contributed by atoms with Crippen LogP contribution in [0.15, 0.2) is 24.5 Å². The lowest BCUT2D eigenvalue weighted by molar-refractivity contribution is 0.730. The van der Waals surface area contributed by atoms with Crippen LogP contribution < -0.4 is 5.32 Å². The molecule has 0 bridgehead atoms. The average Bonchev–Trinajstić information content (AvgIpc) is 2.05. The molecular formula is C9H13N3. The van der Waals surface area contributed by atoms with Crippen LogP contribution in [0.2, 0.25) is 0 Å². The lowest BCUT2D eigenvalue weighted by Gasteiger charge is -2.10. The maximum Gasteiger partial charge on any atom is 0.125 e. The van der Waals surface area contributed by atoms with Crippen LogP contribution >= 0.6 is 0 Å². The molecule has 3 nitrogen and oxygen atoms in total. The van der Waals surface area contributed by atoms with Gasteiger partial charge in [0.05, 0.1) is 0 Å². The fraction of sp³-hybridized carbons (Fsp3) is 0.333. The van der Waals surface area contributed by atoms with Crippen LogP contribution in [0.5, 0.6) is 0 Å². The van der Waals surface area contributed by atoms with Crippen molar-refractivity contribution in [3.05, 3.63) is 30.1 Å². The Morgan fingerprint density at radius 1 is 1.42 bits per heavy atom. The molecule has 0 saturated carbocycles. The van der Waals surface area contributed by atoms with Crippen molar-refractivity contribution in [1.29, 1.82) is 5.41 Å². The molecule has 0 atom stereocenters. The van der Waals surface area contributed by atoms with Crippen molar-refractivity contribution in [3.8, 4) is 0 Å². The quantitative estimate of drug-likeness (QED) is 0.511. The van der Waals surface area contributed by atoms with Gasteiger partial charge in [-0.2, -0.15) is 0 Å². The molecule has 0 saturated heterocycles. The first-order chi connectivity index (χ1) is 5.70. The van der Waals surface area contributed by atoms with Crippen LogP contribution in [-0.2, 0) is 0 Å². The molecule has 0 aliphatic heterocycles. The smallest absolute Gasteiger partial charge is 0.125 e. The molecule has 0 aliphatic carbocycles. The second-order valence-corrected chi connectivity index (χ2v) is 2.91. The molecule has 1 rings (SSSR count). The first-order valence-corrected chi connectivity index (χ1v) is 3.95. The van der Waals surface area contributed by atoms with E-state index < -0.39 is 0 Å². The van der Waals surface area contributed by atoms with E-state index in [1.807, 2.05) is 26.0 Å². The Bertz CT molecular complexity index is 254. The van der Waals surface area contributed by atoms with Crippen LogP contribution in [0.3, 0.4) is 0 Å². The Kier molecular flexibility index (Phi) is 2.80. The van der Waals surface area contributed by atoms with E-state index in [1.165, 1.54) is 0 Å². The van der Waals surface area contributed by atoms with Crippen LogP contribution in [0.25, 0.3) is 0 Å². The molecule has 0 aromatic carbocycles. The zero-order valence-corrected chi connectivity index (χ0v) is 7.33. The van der Waals surface area contributed by atoms with Crippen molar-refractivity contribution in [2.24, 2.45) is 0 Å². The molecule has 2 N–H and O–H groups in total. The molecule has 0 spiro atoms. The summed E-state index contributed by atoms with van der Waals surface area (Å²) in [6, 6.07) is 3.93. The third-order valence-corrected chi connectivity index (χ3v) is 1.40. The Balaban J connectivity index is 2.66. The van der Waals surface area contributed by atoms with Gasteiger partial charge in [0, 0.05) is 24.0 Å². The summed E-state index contributed by atoms with van der Waals surface area (Å²) in [4.78, 5) is 3.88. The molecule has 64 valence electrons. The number of aromatic nitrogens is 1. The largest absolute Gasteiger partial charge is 0.368 e. The Morgan fingerprint density at radius 3 is 2.50 bits per heavy atom. The number of amidine groups is 1. The van der Waals surface area contributed by atoms with Gasteiger partial charge in [0.15, 0.2) is 0 Å². The molecule has 12 heavy (non-hydrogen) atoms. The van der Waals surface area contributed by atoms with E-state index >= 15 is 0 Å². The van der Waals surface area contributed by atoms with Crippen LogP contribution in [-0.4, -0.2) is 16.9 Å². The van der Waals surface area contributed by atoms with Gasteiger partial charge < -0.3 is 5.32 Å². The number of rotatable bonds is 2. The van der Waals surface area contributed by atoms with Crippen molar-refractivity contribution in [3.63, 3.8) is 0 Å². The van der Waals surface area contributed by atoms with Crippen LogP contribution in [0.4, 0.5) is 0 Å². The fourth-order valence-corrected chi connectivity index (χ4v) is 0.891. The van der Waals surface area contributed by atoms with E-state index in [1.54, 1.807) is 12.4 Å². The molecular weight excluding hydrogens is 150 g/mol. The summed E-state index contributed by atoms with van der Waals surface area (Å²) in [5.41, 5.74) is 0.874. The Labute approximate surface area is 72.3 Å². The van der Waals surface area contributed by atoms with Crippen molar-refractivity contribution in [2.75, 3.05) is 0 Å². The molecule has 0 radical (unpaired) electrons. The number of nitrogens with zero attached hydrogens (tertiary/aromatic N) is 1. The summed E-state index contributed by atoms with van der Waals surface area (Å²) in [7, 11) is 0. The standard InChI is InChI=1S/C9H13N3/c1-7(2)12-9(10)8-3-5-11-6-4-8/h3-7H,1-2H3,(H2,10,12). The zero-order chi connectivity index (χ0) is 8.97. The first-order valence-electron chi connectivity index (χ1n) is 3.95. The maximum absolute atomic E-state index is 7.62. The summed E-state index contributed by atoms with van der Waals surface area (Å²) >= 11 is 0. The molecule has 0 aliphatic rings. The zero-order valence-electron chi connectivity index (χ0n) is 7.33. The normalized spacial score (nSPS) is 9.92. The van der Waals surface area contributed by atoms with E-state index in [9.17, 15) is 0 Å². The molecule has 0 unspecified atom stereocenters. The third kappa shape index (κ3) is 2.34. The van der Waals surface area contributed by atoms with Crippen molar-refractivity contribution < 1.29 is 0 Å². The van der Waals surface area contributed by atoms with Gasteiger partial charge in [-0.3, -0.25) is 10.4 Å². The average molecular weight is 163 g/mol. The van der Waals surface area contributed by atoms with E-state index in [0.29, 0.717) is 11.9 Å². The van der Waals surface area contributed by atoms with E-state index in [4.69, 9.17) is 5.41 Å². The fourth-order valence-electron chi connectivity index (χ4n) is 0.891. The van der Waals surface area contributed by atoms with Gasteiger partial charge in [0.25, 0.3) is 0 Å². The van der Waals surface area contributed by atoms with Gasteiger partial charge in [0.2, 0.25) is 0 Å². The van der Waals surface area contributed by atoms with Crippen LogP contribution in [0.1, 0.15) is 19.4 Å². The van der Waals surface area contributed by atoms with Gasteiger partial charge in [-0.25, -0.2) is 0 Å². The van der Waals surface area contributed by atoms with Crippen LogP contribution in [0, 0.1) is 5.41 Å². The number of hydrogen-bond acceptors (Lipinski definition) is 2. The lowest BCUT2D eigenvalue weighted by Crippen LogP contribution is -2.30. The predicted octanol–water partition coefficient (Wildman–Crippen LogP) is 1.40.